The van der Waals surface area contributed by atoms with E-state index in [2.05, 4.69) is 31.4 Å². The third kappa shape index (κ3) is 7.56. The van der Waals surface area contributed by atoms with Gasteiger partial charge in [0.1, 0.15) is 0 Å². The van der Waals surface area contributed by atoms with E-state index in [1.807, 2.05) is 6.92 Å². The second-order valence-corrected chi connectivity index (χ2v) is 5.11. The average molecular weight is 232 g/mol. The predicted octanol–water partition coefficient (Wildman–Crippen LogP) is 1.92. The van der Waals surface area contributed by atoms with Crippen molar-refractivity contribution in [2.45, 2.75) is 40.2 Å². The summed E-state index contributed by atoms with van der Waals surface area (Å²) in [4.78, 5) is 0. The van der Waals surface area contributed by atoms with Crippen molar-refractivity contribution in [3.63, 3.8) is 0 Å². The van der Waals surface area contributed by atoms with Crippen LogP contribution in [0.2, 0.25) is 0 Å². The molecule has 3 nitrogen and oxygen atoms in total. The van der Waals surface area contributed by atoms with Crippen LogP contribution < -0.4 is 10.6 Å². The SMILES string of the molecule is CCC(C)(C)CNC(=S)NC(C)COC. The Labute approximate surface area is 99.0 Å². The molecular formula is C11H24N2OS. The molecule has 0 fully saturated rings. The second-order valence-electron chi connectivity index (χ2n) is 4.70. The molecular weight excluding hydrogens is 208 g/mol. The number of hydrogen-bond acceptors (Lipinski definition) is 2. The molecule has 0 aromatic rings. The monoisotopic (exact) mass is 232 g/mol. The minimum absolute atomic E-state index is 0.250. The molecule has 0 aliphatic heterocycles. The second kappa shape index (κ2) is 7.01. The predicted molar refractivity (Wildman–Crippen MR) is 69.1 cm³/mol. The van der Waals surface area contributed by atoms with Crippen molar-refractivity contribution in [1.29, 1.82) is 0 Å². The molecule has 1 atom stereocenters. The van der Waals surface area contributed by atoms with E-state index in [9.17, 15) is 0 Å². The highest BCUT2D eigenvalue weighted by Crippen LogP contribution is 2.17. The van der Waals surface area contributed by atoms with Crippen molar-refractivity contribution in [3.8, 4) is 0 Å². The van der Waals surface area contributed by atoms with Gasteiger partial charge in [-0.2, -0.15) is 0 Å². The van der Waals surface area contributed by atoms with Crippen molar-refractivity contribution in [2.75, 3.05) is 20.3 Å². The van der Waals surface area contributed by atoms with Crippen molar-refractivity contribution in [3.05, 3.63) is 0 Å². The fraction of sp³-hybridized carbons (Fsp3) is 0.909. The average Bonchev–Trinajstić information content (AvgIpc) is 2.15. The number of methoxy groups -OCH3 is 1. The van der Waals surface area contributed by atoms with Crippen LogP contribution in [0.4, 0.5) is 0 Å². The van der Waals surface area contributed by atoms with Crippen LogP contribution in [0.15, 0.2) is 0 Å². The summed E-state index contributed by atoms with van der Waals surface area (Å²) in [7, 11) is 1.69. The van der Waals surface area contributed by atoms with Gasteiger partial charge in [0, 0.05) is 19.7 Å². The minimum Gasteiger partial charge on any atom is -0.383 e. The van der Waals surface area contributed by atoms with E-state index in [0.717, 1.165) is 13.0 Å². The topological polar surface area (TPSA) is 33.3 Å². The molecule has 4 heteroatoms. The lowest BCUT2D eigenvalue weighted by molar-refractivity contribution is 0.179. The van der Waals surface area contributed by atoms with Crippen molar-refractivity contribution >= 4 is 17.3 Å². The van der Waals surface area contributed by atoms with Crippen molar-refractivity contribution in [2.24, 2.45) is 5.41 Å². The Bertz CT molecular complexity index is 195. The first-order valence-corrected chi connectivity index (χ1v) is 5.85. The highest BCUT2D eigenvalue weighted by Gasteiger charge is 2.15. The van der Waals surface area contributed by atoms with Crippen LogP contribution in [0.1, 0.15) is 34.1 Å². The Kier molecular flexibility index (Phi) is 6.85. The Morgan fingerprint density at radius 1 is 1.47 bits per heavy atom. The molecule has 2 N–H and O–H groups in total. The Morgan fingerprint density at radius 3 is 2.53 bits per heavy atom. The van der Waals surface area contributed by atoms with Crippen molar-refractivity contribution in [1.82, 2.24) is 10.6 Å². The zero-order valence-electron chi connectivity index (χ0n) is 10.5. The first-order valence-electron chi connectivity index (χ1n) is 5.44. The molecule has 15 heavy (non-hydrogen) atoms. The molecule has 0 aliphatic carbocycles. The van der Waals surface area contributed by atoms with Crippen molar-refractivity contribution < 1.29 is 4.74 Å². The molecule has 0 rings (SSSR count). The lowest BCUT2D eigenvalue weighted by atomic mass is 9.90. The number of thiocarbonyl (C=S) groups is 1. The number of nitrogens with one attached hydrogen (secondary N) is 2. The van der Waals surface area contributed by atoms with E-state index in [0.29, 0.717) is 11.7 Å². The van der Waals surface area contributed by atoms with Crippen LogP contribution in [0.3, 0.4) is 0 Å². The summed E-state index contributed by atoms with van der Waals surface area (Å²) in [5.41, 5.74) is 0.288. The number of hydrogen-bond donors (Lipinski definition) is 2. The molecule has 0 saturated carbocycles. The van der Waals surface area contributed by atoms with E-state index >= 15 is 0 Å². The third-order valence-corrected chi connectivity index (χ3v) is 2.74. The summed E-state index contributed by atoms with van der Waals surface area (Å²) in [6.45, 7) is 10.2. The van der Waals surface area contributed by atoms with Gasteiger partial charge in [-0.15, -0.1) is 0 Å². The van der Waals surface area contributed by atoms with E-state index in [-0.39, 0.29) is 11.5 Å². The fourth-order valence-corrected chi connectivity index (χ4v) is 1.28. The Hall–Kier alpha value is -0.350. The van der Waals surface area contributed by atoms with Crippen LogP contribution in [0.5, 0.6) is 0 Å². The van der Waals surface area contributed by atoms with Gasteiger partial charge in [0.25, 0.3) is 0 Å². The van der Waals surface area contributed by atoms with Gasteiger partial charge < -0.3 is 15.4 Å². The summed E-state index contributed by atoms with van der Waals surface area (Å²) in [6, 6.07) is 0.250. The molecule has 0 heterocycles. The van der Waals surface area contributed by atoms with Crippen LogP contribution in [-0.2, 0) is 4.74 Å². The number of rotatable bonds is 6. The Morgan fingerprint density at radius 2 is 2.07 bits per heavy atom. The maximum atomic E-state index is 5.18. The van der Waals surface area contributed by atoms with Gasteiger partial charge in [-0.3, -0.25) is 0 Å². The van der Waals surface area contributed by atoms with Gasteiger partial charge >= 0.3 is 0 Å². The normalized spacial score (nSPS) is 13.4. The zero-order chi connectivity index (χ0) is 11.9. The van der Waals surface area contributed by atoms with Gasteiger partial charge in [0.15, 0.2) is 5.11 Å². The molecule has 90 valence electrons. The van der Waals surface area contributed by atoms with Crippen LogP contribution in [0, 0.1) is 5.41 Å². The van der Waals surface area contributed by atoms with Gasteiger partial charge in [-0.25, -0.2) is 0 Å². The standard InChI is InChI=1S/C11H24N2OS/c1-6-11(3,4)8-12-10(15)13-9(2)7-14-5/h9H,6-8H2,1-5H3,(H2,12,13,15). The molecule has 0 aromatic heterocycles. The fourth-order valence-electron chi connectivity index (χ4n) is 1.01. The molecule has 0 spiro atoms. The summed E-state index contributed by atoms with van der Waals surface area (Å²) < 4.78 is 5.02. The maximum absolute atomic E-state index is 5.18. The van der Waals surface area contributed by atoms with E-state index < -0.39 is 0 Å². The molecule has 0 saturated heterocycles. The van der Waals surface area contributed by atoms with E-state index in [1.54, 1.807) is 7.11 Å². The summed E-state index contributed by atoms with van der Waals surface area (Å²) in [6.07, 6.45) is 1.14. The lowest BCUT2D eigenvalue weighted by Gasteiger charge is -2.25. The highest BCUT2D eigenvalue weighted by atomic mass is 32.1. The zero-order valence-corrected chi connectivity index (χ0v) is 11.3. The maximum Gasteiger partial charge on any atom is 0.166 e. The van der Waals surface area contributed by atoms with E-state index in [1.165, 1.54) is 0 Å². The van der Waals surface area contributed by atoms with Gasteiger partial charge in [0.2, 0.25) is 0 Å². The summed E-state index contributed by atoms with van der Waals surface area (Å²) >= 11 is 5.18. The first kappa shape index (κ1) is 14.6. The van der Waals surface area contributed by atoms with Crippen LogP contribution in [-0.4, -0.2) is 31.4 Å². The molecule has 1 unspecified atom stereocenters. The van der Waals surface area contributed by atoms with Crippen LogP contribution in [0.25, 0.3) is 0 Å². The first-order chi connectivity index (χ1) is 6.91. The highest BCUT2D eigenvalue weighted by molar-refractivity contribution is 7.80. The van der Waals surface area contributed by atoms with Gasteiger partial charge in [-0.05, 0) is 31.0 Å². The van der Waals surface area contributed by atoms with Gasteiger partial charge in [-0.1, -0.05) is 20.8 Å². The molecule has 0 bridgehead atoms. The molecule has 0 radical (unpaired) electrons. The Balaban J connectivity index is 3.75. The molecule has 0 aliphatic rings. The summed E-state index contributed by atoms with van der Waals surface area (Å²) in [5.74, 6) is 0. The quantitative estimate of drug-likeness (QED) is 0.686. The third-order valence-electron chi connectivity index (χ3n) is 2.48. The minimum atomic E-state index is 0.250. The van der Waals surface area contributed by atoms with Crippen LogP contribution >= 0.6 is 12.2 Å². The largest absolute Gasteiger partial charge is 0.383 e. The lowest BCUT2D eigenvalue weighted by Crippen LogP contribution is -2.45. The van der Waals surface area contributed by atoms with Gasteiger partial charge in [0.05, 0.1) is 6.61 Å². The van der Waals surface area contributed by atoms with E-state index in [4.69, 9.17) is 17.0 Å². The smallest absolute Gasteiger partial charge is 0.166 e. The number of ether oxygens (including phenoxy) is 1. The summed E-state index contributed by atoms with van der Waals surface area (Å²) in [5, 5.41) is 7.11. The molecule has 0 aromatic carbocycles. The molecule has 0 amide bonds.